The average molecular weight is 308 g/mol. The van der Waals surface area contributed by atoms with Crippen molar-refractivity contribution in [3.05, 3.63) is 0 Å². The molecule has 0 spiro atoms. The first-order valence-corrected chi connectivity index (χ1v) is 8.76. The molecular formula is C16H28N4O2. The number of carbonyl (C=O) groups excluding carboxylic acids is 1. The van der Waals surface area contributed by atoms with Gasteiger partial charge in [-0.05, 0) is 25.7 Å². The SMILES string of the molecule is O=C(NCC1CCCO1)NN=C1CCN(C2CCCC2)CC1. The molecule has 2 amide bonds. The molecule has 6 heteroatoms. The minimum absolute atomic E-state index is 0.174. The van der Waals surface area contributed by atoms with Gasteiger partial charge in [0.1, 0.15) is 0 Å². The van der Waals surface area contributed by atoms with Crippen LogP contribution in [0.2, 0.25) is 0 Å². The topological polar surface area (TPSA) is 66.0 Å². The third kappa shape index (κ3) is 4.43. The highest BCUT2D eigenvalue weighted by atomic mass is 16.5. The smallest absolute Gasteiger partial charge is 0.335 e. The van der Waals surface area contributed by atoms with Crippen molar-refractivity contribution < 1.29 is 9.53 Å². The van der Waals surface area contributed by atoms with Gasteiger partial charge in [-0.25, -0.2) is 10.2 Å². The Morgan fingerprint density at radius 3 is 2.64 bits per heavy atom. The van der Waals surface area contributed by atoms with Gasteiger partial charge in [0.2, 0.25) is 0 Å². The predicted octanol–water partition coefficient (Wildman–Crippen LogP) is 1.86. The van der Waals surface area contributed by atoms with Crippen LogP contribution in [0.3, 0.4) is 0 Å². The number of urea groups is 1. The van der Waals surface area contributed by atoms with Crippen molar-refractivity contribution in [1.29, 1.82) is 0 Å². The van der Waals surface area contributed by atoms with E-state index in [2.05, 4.69) is 20.7 Å². The third-order valence-electron chi connectivity index (χ3n) is 5.05. The molecule has 3 rings (SSSR count). The minimum atomic E-state index is -0.221. The zero-order valence-electron chi connectivity index (χ0n) is 13.4. The van der Waals surface area contributed by atoms with Gasteiger partial charge in [-0.2, -0.15) is 5.10 Å². The molecule has 2 N–H and O–H groups in total. The molecule has 0 bridgehead atoms. The van der Waals surface area contributed by atoms with E-state index in [1.165, 1.54) is 25.7 Å². The Bertz CT molecular complexity index is 391. The van der Waals surface area contributed by atoms with Crippen molar-refractivity contribution in [2.75, 3.05) is 26.2 Å². The molecule has 3 fully saturated rings. The van der Waals surface area contributed by atoms with Gasteiger partial charge in [0.25, 0.3) is 0 Å². The molecule has 0 aromatic carbocycles. The molecule has 1 unspecified atom stereocenters. The maximum Gasteiger partial charge on any atom is 0.335 e. The molecule has 2 aliphatic heterocycles. The summed E-state index contributed by atoms with van der Waals surface area (Å²) in [4.78, 5) is 14.3. The summed E-state index contributed by atoms with van der Waals surface area (Å²) < 4.78 is 5.47. The van der Waals surface area contributed by atoms with E-state index >= 15 is 0 Å². The van der Waals surface area contributed by atoms with Crippen molar-refractivity contribution in [1.82, 2.24) is 15.6 Å². The summed E-state index contributed by atoms with van der Waals surface area (Å²) in [5, 5.41) is 7.10. The second-order valence-corrected chi connectivity index (χ2v) is 6.61. The van der Waals surface area contributed by atoms with Crippen LogP contribution in [0.5, 0.6) is 0 Å². The van der Waals surface area contributed by atoms with Crippen LogP contribution in [0.25, 0.3) is 0 Å². The minimum Gasteiger partial charge on any atom is -0.376 e. The standard InChI is InChI=1S/C16H28N4O2/c21-16(17-12-15-6-3-11-22-15)19-18-13-7-9-20(10-8-13)14-4-1-2-5-14/h14-15H,1-12H2,(H2,17,19,21). The van der Waals surface area contributed by atoms with Crippen LogP contribution in [0.15, 0.2) is 5.10 Å². The molecule has 2 saturated heterocycles. The van der Waals surface area contributed by atoms with E-state index < -0.39 is 0 Å². The fourth-order valence-electron chi connectivity index (χ4n) is 3.71. The molecule has 0 aromatic rings. The lowest BCUT2D eigenvalue weighted by Crippen LogP contribution is -2.41. The van der Waals surface area contributed by atoms with Crippen LogP contribution >= 0.6 is 0 Å². The molecular weight excluding hydrogens is 280 g/mol. The summed E-state index contributed by atoms with van der Waals surface area (Å²) in [6, 6.07) is 0.574. The van der Waals surface area contributed by atoms with Gasteiger partial charge >= 0.3 is 6.03 Å². The summed E-state index contributed by atoms with van der Waals surface area (Å²) in [7, 11) is 0. The Balaban J connectivity index is 1.33. The van der Waals surface area contributed by atoms with Crippen LogP contribution < -0.4 is 10.7 Å². The molecule has 0 aromatic heterocycles. The number of piperidine rings is 1. The molecule has 124 valence electrons. The maximum absolute atomic E-state index is 11.7. The number of carbonyl (C=O) groups is 1. The second kappa shape index (κ2) is 7.92. The quantitative estimate of drug-likeness (QED) is 0.779. The van der Waals surface area contributed by atoms with E-state index in [4.69, 9.17) is 4.74 Å². The monoisotopic (exact) mass is 308 g/mol. The van der Waals surface area contributed by atoms with Crippen LogP contribution in [-0.2, 0) is 4.74 Å². The first-order valence-electron chi connectivity index (χ1n) is 8.76. The summed E-state index contributed by atoms with van der Waals surface area (Å²) in [5.74, 6) is 0. The van der Waals surface area contributed by atoms with Gasteiger partial charge < -0.3 is 10.1 Å². The summed E-state index contributed by atoms with van der Waals surface area (Å²) in [6.07, 6.45) is 9.73. The summed E-state index contributed by atoms with van der Waals surface area (Å²) in [5.41, 5.74) is 3.74. The highest BCUT2D eigenvalue weighted by molar-refractivity contribution is 5.87. The number of nitrogens with zero attached hydrogens (tertiary/aromatic N) is 2. The van der Waals surface area contributed by atoms with E-state index in [1.54, 1.807) is 0 Å². The Kier molecular flexibility index (Phi) is 5.67. The Morgan fingerprint density at radius 2 is 1.95 bits per heavy atom. The van der Waals surface area contributed by atoms with Crippen molar-refractivity contribution in [3.63, 3.8) is 0 Å². The van der Waals surface area contributed by atoms with Crippen molar-refractivity contribution >= 4 is 11.7 Å². The normalized spacial score (nSPS) is 27.1. The van der Waals surface area contributed by atoms with Crippen molar-refractivity contribution in [2.24, 2.45) is 5.10 Å². The van der Waals surface area contributed by atoms with Crippen LogP contribution in [-0.4, -0.2) is 55.0 Å². The second-order valence-electron chi connectivity index (χ2n) is 6.61. The van der Waals surface area contributed by atoms with E-state index in [1.807, 2.05) is 0 Å². The van der Waals surface area contributed by atoms with E-state index in [9.17, 15) is 4.79 Å². The van der Waals surface area contributed by atoms with Gasteiger partial charge in [-0.1, -0.05) is 12.8 Å². The van der Waals surface area contributed by atoms with Gasteiger partial charge in [0, 0.05) is 50.8 Å². The summed E-state index contributed by atoms with van der Waals surface area (Å²) in [6.45, 7) is 3.56. The zero-order valence-corrected chi connectivity index (χ0v) is 13.4. The molecule has 3 aliphatic rings. The number of likely N-dealkylation sites (tertiary alicyclic amines) is 1. The molecule has 2 heterocycles. The third-order valence-corrected chi connectivity index (χ3v) is 5.05. The predicted molar refractivity (Wildman–Crippen MR) is 86.0 cm³/mol. The largest absolute Gasteiger partial charge is 0.376 e. The number of hydrogen-bond acceptors (Lipinski definition) is 4. The van der Waals surface area contributed by atoms with E-state index in [0.717, 1.165) is 57.1 Å². The molecule has 6 nitrogen and oxygen atoms in total. The fraction of sp³-hybridized carbons (Fsp3) is 0.875. The van der Waals surface area contributed by atoms with Crippen molar-refractivity contribution in [3.8, 4) is 0 Å². The first-order chi connectivity index (χ1) is 10.8. The van der Waals surface area contributed by atoms with Gasteiger partial charge in [-0.3, -0.25) is 4.90 Å². The lowest BCUT2D eigenvalue weighted by Gasteiger charge is -2.32. The lowest BCUT2D eigenvalue weighted by atomic mass is 10.1. The number of hydrazone groups is 1. The van der Waals surface area contributed by atoms with Gasteiger partial charge in [0.05, 0.1) is 6.10 Å². The summed E-state index contributed by atoms with van der Waals surface area (Å²) >= 11 is 0. The molecule has 22 heavy (non-hydrogen) atoms. The van der Waals surface area contributed by atoms with E-state index in [-0.39, 0.29) is 12.1 Å². The number of nitrogens with one attached hydrogen (secondary N) is 2. The molecule has 1 aliphatic carbocycles. The lowest BCUT2D eigenvalue weighted by molar-refractivity contribution is 0.111. The Morgan fingerprint density at radius 1 is 1.18 bits per heavy atom. The Labute approximate surface area is 132 Å². The zero-order chi connectivity index (χ0) is 15.2. The number of ether oxygens (including phenoxy) is 1. The first kappa shape index (κ1) is 15.7. The number of amides is 2. The molecule has 1 saturated carbocycles. The molecule has 0 radical (unpaired) electrons. The average Bonchev–Trinajstić information content (AvgIpc) is 3.24. The van der Waals surface area contributed by atoms with Crippen LogP contribution in [0, 0.1) is 0 Å². The van der Waals surface area contributed by atoms with Crippen LogP contribution in [0.4, 0.5) is 4.79 Å². The van der Waals surface area contributed by atoms with Crippen molar-refractivity contribution in [2.45, 2.75) is 63.5 Å². The molecule has 1 atom stereocenters. The highest BCUT2D eigenvalue weighted by Gasteiger charge is 2.25. The number of rotatable bonds is 4. The van der Waals surface area contributed by atoms with Gasteiger partial charge in [0.15, 0.2) is 0 Å². The maximum atomic E-state index is 11.7. The number of hydrogen-bond donors (Lipinski definition) is 2. The van der Waals surface area contributed by atoms with Gasteiger partial charge in [-0.15, -0.1) is 0 Å². The van der Waals surface area contributed by atoms with Crippen LogP contribution in [0.1, 0.15) is 51.4 Å². The fourth-order valence-corrected chi connectivity index (χ4v) is 3.71. The van der Waals surface area contributed by atoms with E-state index in [0.29, 0.717) is 6.54 Å². The Hall–Kier alpha value is -1.14. The highest BCUT2D eigenvalue weighted by Crippen LogP contribution is 2.25.